The van der Waals surface area contributed by atoms with E-state index in [9.17, 15) is 50.8 Å². The number of nitrogens with two attached hydrogens (primary N) is 1. The predicted octanol–water partition coefficient (Wildman–Crippen LogP) is 6.00. The molecule has 5 aromatic carbocycles. The van der Waals surface area contributed by atoms with Crippen molar-refractivity contribution in [2.45, 2.75) is 9.79 Å². The highest BCUT2D eigenvalue weighted by Gasteiger charge is 2.23. The van der Waals surface area contributed by atoms with Crippen molar-refractivity contribution in [3.8, 4) is 5.75 Å². The molecule has 0 saturated carbocycles. The van der Waals surface area contributed by atoms with Gasteiger partial charge in [0.05, 0.1) is 27.4 Å². The number of benzene rings is 5. The maximum atomic E-state index is 12.2. The number of hydrogen-bond acceptors (Lipinski definition) is 12. The summed E-state index contributed by atoms with van der Waals surface area (Å²) in [6.45, 7) is 0. The molecule has 0 unspecified atom stereocenters. The molecule has 5 rings (SSSR count). The third kappa shape index (κ3) is 6.21. The van der Waals surface area contributed by atoms with Crippen molar-refractivity contribution in [1.29, 1.82) is 0 Å². The lowest BCUT2D eigenvalue weighted by Crippen LogP contribution is -2.02. The summed E-state index contributed by atoms with van der Waals surface area (Å²) >= 11 is 0. The standard InChI is InChI=1S/C28H19N5O11S2/c29-15-3-1-13-10-24(46(42,43)44)25(26(34)18(13)11-15)33-32-22-8-7-21(17-5-4-16(12-19(17)22)45(39,40)41)30-31-23-6-2-14(27(35)36)9-20(23)28(37)38/h1-12,34H,29H2,(H,35,36)(H,37,38)(H,39,40,41)(H,42,43,44). The first-order valence-electron chi connectivity index (χ1n) is 12.6. The van der Waals surface area contributed by atoms with Crippen LogP contribution in [-0.4, -0.2) is 53.2 Å². The zero-order valence-electron chi connectivity index (χ0n) is 22.8. The summed E-state index contributed by atoms with van der Waals surface area (Å²) in [6.07, 6.45) is 0. The fraction of sp³-hybridized carbons (Fsp3) is 0. The number of hydrogen-bond donors (Lipinski definition) is 6. The van der Waals surface area contributed by atoms with Crippen molar-refractivity contribution in [2.75, 3.05) is 5.73 Å². The summed E-state index contributed by atoms with van der Waals surface area (Å²) in [4.78, 5) is 21.6. The minimum Gasteiger partial charge on any atom is -0.505 e. The minimum absolute atomic E-state index is 0.0204. The maximum Gasteiger partial charge on any atom is 0.337 e. The van der Waals surface area contributed by atoms with Crippen LogP contribution in [0.4, 0.5) is 28.4 Å². The van der Waals surface area contributed by atoms with Gasteiger partial charge >= 0.3 is 11.9 Å². The summed E-state index contributed by atoms with van der Waals surface area (Å²) in [5.74, 6) is -3.52. The number of nitrogens with zero attached hydrogens (tertiary/aromatic N) is 4. The molecule has 0 amide bonds. The molecule has 5 aromatic rings. The van der Waals surface area contributed by atoms with Crippen molar-refractivity contribution in [3.63, 3.8) is 0 Å². The van der Waals surface area contributed by atoms with Crippen LogP contribution in [0.2, 0.25) is 0 Å². The van der Waals surface area contributed by atoms with Crippen molar-refractivity contribution in [3.05, 3.63) is 83.9 Å². The van der Waals surface area contributed by atoms with Gasteiger partial charge in [-0.2, -0.15) is 16.8 Å². The smallest absolute Gasteiger partial charge is 0.337 e. The molecular weight excluding hydrogens is 646 g/mol. The number of fused-ring (bicyclic) bond motifs is 2. The van der Waals surface area contributed by atoms with Gasteiger partial charge in [0.15, 0.2) is 5.75 Å². The van der Waals surface area contributed by atoms with E-state index >= 15 is 0 Å². The summed E-state index contributed by atoms with van der Waals surface area (Å²) in [5, 5.41) is 45.8. The Hall–Kier alpha value is -5.82. The first-order chi connectivity index (χ1) is 21.5. The number of aromatic carboxylic acids is 2. The largest absolute Gasteiger partial charge is 0.505 e. The third-order valence-corrected chi connectivity index (χ3v) is 8.31. The average Bonchev–Trinajstić information content (AvgIpc) is 2.98. The minimum atomic E-state index is -4.95. The number of carboxylic acids is 2. The molecule has 0 saturated heterocycles. The van der Waals surface area contributed by atoms with Gasteiger partial charge < -0.3 is 21.1 Å². The van der Waals surface area contributed by atoms with E-state index in [0.717, 1.165) is 36.4 Å². The first-order valence-corrected chi connectivity index (χ1v) is 15.4. The molecule has 0 radical (unpaired) electrons. The van der Waals surface area contributed by atoms with Gasteiger partial charge in [-0.3, -0.25) is 9.11 Å². The molecule has 0 heterocycles. The molecule has 0 aromatic heterocycles. The van der Waals surface area contributed by atoms with Crippen LogP contribution < -0.4 is 5.73 Å². The van der Waals surface area contributed by atoms with E-state index in [1.807, 2.05) is 0 Å². The van der Waals surface area contributed by atoms with Gasteiger partial charge in [0.25, 0.3) is 20.2 Å². The van der Waals surface area contributed by atoms with E-state index in [-0.39, 0.29) is 49.9 Å². The van der Waals surface area contributed by atoms with Crippen LogP contribution in [0, 0.1) is 0 Å². The highest BCUT2D eigenvalue weighted by molar-refractivity contribution is 7.86. The van der Waals surface area contributed by atoms with E-state index in [1.165, 1.54) is 36.4 Å². The second-order valence-electron chi connectivity index (χ2n) is 9.56. The monoisotopic (exact) mass is 665 g/mol. The number of carbonyl (C=O) groups is 2. The van der Waals surface area contributed by atoms with E-state index in [0.29, 0.717) is 0 Å². The van der Waals surface area contributed by atoms with Crippen molar-refractivity contribution >= 4 is 82.2 Å². The van der Waals surface area contributed by atoms with Gasteiger partial charge in [-0.1, -0.05) is 12.1 Å². The molecule has 0 atom stereocenters. The van der Waals surface area contributed by atoms with Crippen LogP contribution in [0.3, 0.4) is 0 Å². The average molecular weight is 666 g/mol. The number of nitrogen functional groups attached to an aromatic ring is 1. The van der Waals surface area contributed by atoms with Gasteiger partial charge in [-0.05, 0) is 66.0 Å². The van der Waals surface area contributed by atoms with Gasteiger partial charge in [0.1, 0.15) is 16.3 Å². The number of anilines is 1. The quantitative estimate of drug-likeness (QED) is 0.0632. The second kappa shape index (κ2) is 11.6. The SMILES string of the molecule is Nc1ccc2cc(S(=O)(=O)O)c(N=Nc3ccc(N=Nc4ccc(C(=O)O)cc4C(=O)O)c4ccc(S(=O)(=O)O)cc34)c(O)c2c1. The Labute approximate surface area is 258 Å². The zero-order valence-corrected chi connectivity index (χ0v) is 24.4. The molecule has 0 spiro atoms. The Morgan fingerprint density at radius 1 is 0.630 bits per heavy atom. The molecule has 16 nitrogen and oxygen atoms in total. The normalized spacial score (nSPS) is 12.4. The van der Waals surface area contributed by atoms with Crippen LogP contribution in [0.1, 0.15) is 20.7 Å². The van der Waals surface area contributed by atoms with Crippen LogP contribution in [-0.2, 0) is 20.2 Å². The molecule has 0 bridgehead atoms. The highest BCUT2D eigenvalue weighted by Crippen LogP contribution is 2.43. The number of phenolic OH excluding ortho intramolecular Hbond substituents is 1. The van der Waals surface area contributed by atoms with Crippen molar-refractivity contribution in [1.82, 2.24) is 0 Å². The van der Waals surface area contributed by atoms with Crippen LogP contribution in [0.15, 0.2) is 103 Å². The number of rotatable bonds is 8. The fourth-order valence-corrected chi connectivity index (χ4v) is 5.59. The predicted molar refractivity (Wildman–Crippen MR) is 162 cm³/mol. The summed E-state index contributed by atoms with van der Waals surface area (Å²) in [6, 6.07) is 14.3. The summed E-state index contributed by atoms with van der Waals surface area (Å²) in [5.41, 5.74) is 4.32. The van der Waals surface area contributed by atoms with Gasteiger partial charge in [-0.25, -0.2) is 9.59 Å². The van der Waals surface area contributed by atoms with Gasteiger partial charge in [0, 0.05) is 21.8 Å². The summed E-state index contributed by atoms with van der Waals surface area (Å²) < 4.78 is 67.7. The maximum absolute atomic E-state index is 12.2. The molecule has 0 aliphatic heterocycles. The third-order valence-electron chi connectivity index (χ3n) is 6.59. The number of carboxylic acid groups (broad SMARTS) is 2. The van der Waals surface area contributed by atoms with Crippen LogP contribution >= 0.6 is 0 Å². The molecular formula is C28H19N5O11S2. The number of aromatic hydroxyl groups is 1. The molecule has 18 heteroatoms. The molecule has 0 fully saturated rings. The molecule has 0 aliphatic rings. The van der Waals surface area contributed by atoms with Crippen LogP contribution in [0.25, 0.3) is 21.5 Å². The van der Waals surface area contributed by atoms with Crippen LogP contribution in [0.5, 0.6) is 5.75 Å². The van der Waals surface area contributed by atoms with Gasteiger partial charge in [-0.15, -0.1) is 20.5 Å². The molecule has 46 heavy (non-hydrogen) atoms. The van der Waals surface area contributed by atoms with E-state index < -0.39 is 59.0 Å². The zero-order chi connectivity index (χ0) is 33.6. The van der Waals surface area contributed by atoms with Crippen molar-refractivity contribution < 1.29 is 50.8 Å². The summed E-state index contributed by atoms with van der Waals surface area (Å²) in [7, 11) is -9.68. The van der Waals surface area contributed by atoms with E-state index in [1.54, 1.807) is 0 Å². The second-order valence-corrected chi connectivity index (χ2v) is 12.4. The van der Waals surface area contributed by atoms with Gasteiger partial charge in [0.2, 0.25) is 0 Å². The Kier molecular flexibility index (Phi) is 7.97. The highest BCUT2D eigenvalue weighted by atomic mass is 32.2. The van der Waals surface area contributed by atoms with E-state index in [4.69, 9.17) is 5.73 Å². The van der Waals surface area contributed by atoms with Crippen molar-refractivity contribution in [2.24, 2.45) is 20.5 Å². The topological polar surface area (TPSA) is 279 Å². The Bertz CT molecular complexity index is 2410. The number of phenols is 1. The number of azo groups is 2. The Balaban J connectivity index is 1.69. The molecule has 0 aliphatic carbocycles. The lowest BCUT2D eigenvalue weighted by atomic mass is 10.1. The molecule has 234 valence electrons. The molecule has 7 N–H and O–H groups in total. The van der Waals surface area contributed by atoms with E-state index in [2.05, 4.69) is 20.5 Å². The Morgan fingerprint density at radius 3 is 1.89 bits per heavy atom. The Morgan fingerprint density at radius 2 is 1.26 bits per heavy atom. The lowest BCUT2D eigenvalue weighted by Gasteiger charge is -2.10. The lowest BCUT2D eigenvalue weighted by molar-refractivity contribution is 0.0696. The first kappa shape index (κ1) is 31.6. The fourth-order valence-electron chi connectivity index (χ4n) is 4.42.